The van der Waals surface area contributed by atoms with Gasteiger partial charge in [-0.3, -0.25) is 19.1 Å². The van der Waals surface area contributed by atoms with E-state index < -0.39 is 79.2 Å². The molecule has 2 saturated carbocycles. The number of hydrogen-bond acceptors (Lipinski definition) is 12. The molecule has 1 aliphatic heterocycles. The highest BCUT2D eigenvalue weighted by atomic mass is 32.2. The Morgan fingerprint density at radius 2 is 1.75 bits per heavy atom. The quantitative estimate of drug-likeness (QED) is 0.129. The van der Waals surface area contributed by atoms with E-state index in [1.807, 2.05) is 36.4 Å². The van der Waals surface area contributed by atoms with Crippen molar-refractivity contribution in [2.75, 3.05) is 13.7 Å². The Balaban J connectivity index is 1.20. The lowest BCUT2D eigenvalue weighted by molar-refractivity contribution is -0.143. The second-order valence-electron chi connectivity index (χ2n) is 18.9. The molecule has 63 heavy (non-hydrogen) atoms. The lowest BCUT2D eigenvalue weighted by Gasteiger charge is -2.36. The average molecular weight is 885 g/mol. The molecule has 1 saturated heterocycles. The molecule has 0 radical (unpaired) electrons. The van der Waals surface area contributed by atoms with Crippen LogP contribution in [0.3, 0.4) is 0 Å². The van der Waals surface area contributed by atoms with Crippen LogP contribution in [0, 0.1) is 18.3 Å². The maximum atomic E-state index is 14.8. The van der Waals surface area contributed by atoms with E-state index in [1.165, 1.54) is 11.0 Å². The fraction of sp³-hybridized carbons (Fsp3) is 0.478. The Morgan fingerprint density at radius 1 is 1.03 bits per heavy atom. The zero-order valence-corrected chi connectivity index (χ0v) is 37.8. The molecule has 3 N–H and O–H groups in total. The van der Waals surface area contributed by atoms with Crippen molar-refractivity contribution < 1.29 is 46.3 Å². The number of likely N-dealkylation sites (tertiary alicyclic amines) is 1. The minimum absolute atomic E-state index is 0.0174. The SMILES string of the molecule is C=C[C@@H]1C[C@]1(NC(=O)C1C[C@@H](Oc2cc(-c3ccccc3)nc3cc(OC)ccc23)CN1C(=O)[C@@H](NC(=O)OC(C)(C)C)C(C)(C)C)C(=O)NS(=O)(=O)C1(Cc2cc(C)on2)CC1. The standard InChI is InChI=1S/C46H56N6O10S/c1-10-29-24-46(29,41(55)51-63(57,58)45(18-19-45)25-30-20-27(2)62-50-30)49-39(53)36-22-32(26-52(36)40(54)38(43(3,4)5)48-42(56)61-44(6,7)8)60-37-23-34(28-14-12-11-13-15-28)47-35-21-31(59-9)16-17-33(35)37/h10-17,20-21,23,29,32,36,38H,1,18-19,22,24-26H2,2-9H3,(H,48,56)(H,49,53)(H,51,55)/t29-,32-,36?,38-,46-/m1/s1. The van der Waals surface area contributed by atoms with Crippen LogP contribution in [0.4, 0.5) is 4.79 Å². The van der Waals surface area contributed by atoms with Gasteiger partial charge in [-0.1, -0.05) is 62.3 Å². The van der Waals surface area contributed by atoms with Gasteiger partial charge in [0.05, 0.1) is 35.3 Å². The van der Waals surface area contributed by atoms with Crippen LogP contribution in [0.1, 0.15) is 78.7 Å². The van der Waals surface area contributed by atoms with Gasteiger partial charge in [0.1, 0.15) is 46.6 Å². The van der Waals surface area contributed by atoms with Crippen LogP contribution in [0.15, 0.2) is 77.8 Å². The van der Waals surface area contributed by atoms with E-state index in [1.54, 1.807) is 79.8 Å². The van der Waals surface area contributed by atoms with Crippen LogP contribution in [0.5, 0.6) is 11.5 Å². The lowest BCUT2D eigenvalue weighted by atomic mass is 9.85. The average Bonchev–Trinajstić information content (AvgIpc) is 4.06. The number of ether oxygens (including phenoxy) is 3. The maximum Gasteiger partial charge on any atom is 0.408 e. The van der Waals surface area contributed by atoms with E-state index in [4.69, 9.17) is 23.7 Å². The van der Waals surface area contributed by atoms with Gasteiger partial charge in [-0.25, -0.2) is 18.2 Å². The van der Waals surface area contributed by atoms with Crippen molar-refractivity contribution in [3.8, 4) is 22.8 Å². The van der Waals surface area contributed by atoms with Crippen molar-refractivity contribution in [2.24, 2.45) is 11.3 Å². The molecule has 0 bridgehead atoms. The summed E-state index contributed by atoms with van der Waals surface area (Å²) in [5.74, 6) is -1.22. The summed E-state index contributed by atoms with van der Waals surface area (Å²) < 4.78 is 51.6. The summed E-state index contributed by atoms with van der Waals surface area (Å²) in [6.45, 7) is 15.9. The molecule has 336 valence electrons. The van der Waals surface area contributed by atoms with Crippen molar-refractivity contribution in [1.82, 2.24) is 30.4 Å². The predicted molar refractivity (Wildman–Crippen MR) is 234 cm³/mol. The summed E-state index contributed by atoms with van der Waals surface area (Å²) in [7, 11) is -2.69. The third-order valence-corrected chi connectivity index (χ3v) is 13.9. The Labute approximate surface area is 367 Å². The van der Waals surface area contributed by atoms with E-state index >= 15 is 0 Å². The molecule has 16 nitrogen and oxygen atoms in total. The summed E-state index contributed by atoms with van der Waals surface area (Å²) in [4.78, 5) is 63.1. The van der Waals surface area contributed by atoms with Crippen molar-refractivity contribution in [3.63, 3.8) is 0 Å². The van der Waals surface area contributed by atoms with Gasteiger partial charge in [0.25, 0.3) is 5.91 Å². The van der Waals surface area contributed by atoms with E-state index in [0.717, 1.165) is 5.56 Å². The van der Waals surface area contributed by atoms with Crippen molar-refractivity contribution in [2.45, 2.75) is 115 Å². The Bertz CT molecular complexity index is 2540. The Hall–Kier alpha value is -5.97. The van der Waals surface area contributed by atoms with E-state index in [-0.39, 0.29) is 25.8 Å². The third-order valence-electron chi connectivity index (χ3n) is 11.8. The van der Waals surface area contributed by atoms with E-state index in [2.05, 4.69) is 27.1 Å². The number of nitrogens with one attached hydrogen (secondary N) is 3. The minimum atomic E-state index is -4.25. The first-order valence-corrected chi connectivity index (χ1v) is 22.5. The first-order chi connectivity index (χ1) is 29.6. The van der Waals surface area contributed by atoms with Gasteiger partial charge in [-0.15, -0.1) is 6.58 Å². The third kappa shape index (κ3) is 9.53. The number of amides is 4. The first kappa shape index (κ1) is 45.1. The van der Waals surface area contributed by atoms with Crippen molar-refractivity contribution in [1.29, 1.82) is 0 Å². The van der Waals surface area contributed by atoms with Gasteiger partial charge in [0.15, 0.2) is 0 Å². The van der Waals surface area contributed by atoms with Crippen LogP contribution in [0.2, 0.25) is 0 Å². The molecular formula is C46H56N6O10S. The number of carbonyl (C=O) groups is 4. The summed E-state index contributed by atoms with van der Waals surface area (Å²) in [6.07, 6.45) is 0.656. The molecule has 3 fully saturated rings. The summed E-state index contributed by atoms with van der Waals surface area (Å²) in [6, 6.07) is 16.0. The number of fused-ring (bicyclic) bond motifs is 1. The fourth-order valence-corrected chi connectivity index (χ4v) is 9.74. The number of nitrogens with zero attached hydrogens (tertiary/aromatic N) is 3. The normalized spacial score (nSPS) is 22.1. The number of pyridine rings is 1. The number of sulfonamides is 1. The van der Waals surface area contributed by atoms with Crippen molar-refractivity contribution >= 4 is 44.7 Å². The second kappa shape index (κ2) is 16.6. The van der Waals surface area contributed by atoms with Gasteiger partial charge < -0.3 is 34.3 Å². The lowest BCUT2D eigenvalue weighted by Crippen LogP contribution is -2.60. The first-order valence-electron chi connectivity index (χ1n) is 21.0. The molecule has 7 rings (SSSR count). The van der Waals surface area contributed by atoms with Gasteiger partial charge in [-0.2, -0.15) is 0 Å². The molecule has 0 spiro atoms. The van der Waals surface area contributed by atoms with Gasteiger partial charge in [-0.05, 0) is 64.5 Å². The van der Waals surface area contributed by atoms with Gasteiger partial charge in [0.2, 0.25) is 21.8 Å². The number of alkyl carbamates (subject to hydrolysis) is 1. The molecular weight excluding hydrogens is 829 g/mol. The molecule has 4 aromatic rings. The number of aryl methyl sites for hydroxylation is 1. The van der Waals surface area contributed by atoms with Crippen LogP contribution in [0.25, 0.3) is 22.2 Å². The Kier molecular flexibility index (Phi) is 11.9. The predicted octanol–water partition coefficient (Wildman–Crippen LogP) is 5.78. The van der Waals surface area contributed by atoms with E-state index in [0.29, 0.717) is 52.4 Å². The molecule has 1 unspecified atom stereocenters. The summed E-state index contributed by atoms with van der Waals surface area (Å²) in [5, 5.41) is 10.2. The smallest absolute Gasteiger partial charge is 0.408 e. The van der Waals surface area contributed by atoms with Crippen molar-refractivity contribution in [3.05, 3.63) is 84.8 Å². The molecule has 4 amide bonds. The molecule has 3 aliphatic rings. The number of methoxy groups -OCH3 is 1. The Morgan fingerprint density at radius 3 is 2.33 bits per heavy atom. The number of aromatic nitrogens is 2. The molecule has 2 aliphatic carbocycles. The second-order valence-corrected chi connectivity index (χ2v) is 21.0. The largest absolute Gasteiger partial charge is 0.497 e. The molecule has 3 heterocycles. The zero-order valence-electron chi connectivity index (χ0n) is 36.9. The monoisotopic (exact) mass is 884 g/mol. The number of carbonyl (C=O) groups excluding carboxylic acids is 4. The van der Waals surface area contributed by atoms with E-state index in [9.17, 15) is 27.6 Å². The molecule has 2 aromatic carbocycles. The zero-order chi connectivity index (χ0) is 45.7. The fourth-order valence-electron chi connectivity index (χ4n) is 8.12. The number of rotatable bonds is 14. The number of benzene rings is 2. The molecule has 2 aromatic heterocycles. The molecule has 17 heteroatoms. The minimum Gasteiger partial charge on any atom is -0.497 e. The van der Waals surface area contributed by atoms with Crippen LogP contribution in [-0.2, 0) is 35.6 Å². The highest BCUT2D eigenvalue weighted by Crippen LogP contribution is 2.48. The summed E-state index contributed by atoms with van der Waals surface area (Å²) in [5.41, 5.74) is -0.876. The van der Waals surface area contributed by atoms with Gasteiger partial charge in [0, 0.05) is 47.9 Å². The van der Waals surface area contributed by atoms with Crippen LogP contribution >= 0.6 is 0 Å². The van der Waals surface area contributed by atoms with Crippen LogP contribution in [-0.4, -0.2) is 95.0 Å². The molecule has 5 atom stereocenters. The van der Waals surface area contributed by atoms with Crippen LogP contribution < -0.4 is 24.8 Å². The highest BCUT2D eigenvalue weighted by Gasteiger charge is 2.64. The number of hydrogen-bond donors (Lipinski definition) is 3. The highest BCUT2D eigenvalue weighted by molar-refractivity contribution is 7.91. The van der Waals surface area contributed by atoms with Gasteiger partial charge >= 0.3 is 6.09 Å². The maximum absolute atomic E-state index is 14.8. The topological polar surface area (TPSA) is 208 Å². The summed E-state index contributed by atoms with van der Waals surface area (Å²) >= 11 is 0.